The summed E-state index contributed by atoms with van der Waals surface area (Å²) in [5.41, 5.74) is 3.17. The summed E-state index contributed by atoms with van der Waals surface area (Å²) in [5.74, 6) is 0.323. The molecule has 1 aromatic heterocycles. The highest BCUT2D eigenvalue weighted by molar-refractivity contribution is 6.31. The largest absolute Gasteiger partial charge is 0.337 e. The number of rotatable bonds is 6. The van der Waals surface area contributed by atoms with Crippen molar-refractivity contribution in [3.63, 3.8) is 0 Å². The third kappa shape index (κ3) is 4.83. The molecule has 0 saturated carbocycles. The number of nitrogens with zero attached hydrogens (tertiary/aromatic N) is 3. The van der Waals surface area contributed by atoms with Crippen LogP contribution in [-0.4, -0.2) is 22.4 Å². The van der Waals surface area contributed by atoms with Gasteiger partial charge in [0.2, 0.25) is 5.95 Å². The van der Waals surface area contributed by atoms with E-state index in [2.05, 4.69) is 32.3 Å². The lowest BCUT2D eigenvalue weighted by Crippen LogP contribution is -2.24. The minimum Gasteiger partial charge on any atom is -0.337 e. The fraction of sp³-hybridized carbons (Fsp3) is 0.190. The Bertz CT molecular complexity index is 913. The highest BCUT2D eigenvalue weighted by Crippen LogP contribution is 2.20. The van der Waals surface area contributed by atoms with Crippen molar-refractivity contribution in [2.45, 2.75) is 20.4 Å². The summed E-state index contributed by atoms with van der Waals surface area (Å²) in [4.78, 5) is 23.2. The van der Waals surface area contributed by atoms with Crippen LogP contribution in [0.1, 0.15) is 28.4 Å². The maximum absolute atomic E-state index is 12.4. The summed E-state index contributed by atoms with van der Waals surface area (Å²) in [6.07, 6.45) is 3.09. The van der Waals surface area contributed by atoms with E-state index in [-0.39, 0.29) is 5.91 Å². The average Bonchev–Trinajstić information content (AvgIpc) is 2.70. The first-order valence-electron chi connectivity index (χ1n) is 8.75. The minimum atomic E-state index is -0.271. The van der Waals surface area contributed by atoms with Gasteiger partial charge in [0.15, 0.2) is 0 Å². The Morgan fingerprint density at radius 3 is 2.44 bits per heavy atom. The van der Waals surface area contributed by atoms with E-state index in [4.69, 9.17) is 11.6 Å². The fourth-order valence-electron chi connectivity index (χ4n) is 2.60. The Kier molecular flexibility index (Phi) is 6.04. The van der Waals surface area contributed by atoms with Gasteiger partial charge in [0.1, 0.15) is 0 Å². The molecule has 0 fully saturated rings. The van der Waals surface area contributed by atoms with Crippen molar-refractivity contribution in [2.24, 2.45) is 0 Å². The summed E-state index contributed by atoms with van der Waals surface area (Å²) in [7, 11) is 0. The van der Waals surface area contributed by atoms with Gasteiger partial charge in [0, 0.05) is 36.2 Å². The number of hydrogen-bond acceptors (Lipinski definition) is 4. The molecule has 27 heavy (non-hydrogen) atoms. The maximum atomic E-state index is 12.4. The highest BCUT2D eigenvalue weighted by Gasteiger charge is 2.12. The third-order valence-corrected chi connectivity index (χ3v) is 4.62. The van der Waals surface area contributed by atoms with Gasteiger partial charge in [0.25, 0.3) is 5.91 Å². The van der Waals surface area contributed by atoms with Crippen LogP contribution in [0.25, 0.3) is 0 Å². The smallest absolute Gasteiger partial charge is 0.258 e. The molecule has 1 heterocycles. The minimum absolute atomic E-state index is 0.271. The van der Waals surface area contributed by atoms with Gasteiger partial charge in [-0.15, -0.1) is 0 Å². The molecule has 0 aliphatic heterocycles. The number of nitrogens with one attached hydrogen (secondary N) is 1. The molecular weight excluding hydrogens is 360 g/mol. The molecule has 138 valence electrons. The van der Waals surface area contributed by atoms with E-state index < -0.39 is 0 Å². The van der Waals surface area contributed by atoms with E-state index >= 15 is 0 Å². The van der Waals surface area contributed by atoms with E-state index in [1.54, 1.807) is 18.5 Å². The molecule has 6 heteroatoms. The van der Waals surface area contributed by atoms with Crippen molar-refractivity contribution >= 4 is 29.1 Å². The van der Waals surface area contributed by atoms with Crippen LogP contribution in [0.15, 0.2) is 60.9 Å². The summed E-state index contributed by atoms with van der Waals surface area (Å²) in [5, 5.41) is 3.42. The first-order chi connectivity index (χ1) is 13.1. The van der Waals surface area contributed by atoms with Gasteiger partial charge in [-0.2, -0.15) is 0 Å². The van der Waals surface area contributed by atoms with E-state index in [0.717, 1.165) is 12.1 Å². The van der Waals surface area contributed by atoms with Crippen molar-refractivity contribution in [3.8, 4) is 0 Å². The number of hydrogen-bond donors (Lipinski definition) is 1. The second-order valence-electron chi connectivity index (χ2n) is 6.19. The molecule has 3 aromatic rings. The van der Waals surface area contributed by atoms with Gasteiger partial charge in [-0.3, -0.25) is 4.79 Å². The zero-order valence-corrected chi connectivity index (χ0v) is 16.1. The standard InChI is InChI=1S/C21H21ClN4O/c1-3-26(14-16-7-5-4-6-8-16)21-23-12-17(13-24-21)20(27)25-18-10-9-15(2)19(22)11-18/h4-13H,3,14H2,1-2H3,(H,25,27). The second kappa shape index (κ2) is 8.64. The summed E-state index contributed by atoms with van der Waals surface area (Å²) >= 11 is 6.10. The third-order valence-electron chi connectivity index (χ3n) is 4.21. The highest BCUT2D eigenvalue weighted by atomic mass is 35.5. The van der Waals surface area contributed by atoms with Crippen LogP contribution in [-0.2, 0) is 6.54 Å². The number of amides is 1. The molecule has 1 amide bonds. The van der Waals surface area contributed by atoms with E-state index in [0.29, 0.717) is 28.8 Å². The van der Waals surface area contributed by atoms with E-state index in [1.165, 1.54) is 5.56 Å². The topological polar surface area (TPSA) is 58.1 Å². The Morgan fingerprint density at radius 1 is 1.11 bits per heavy atom. The van der Waals surface area contributed by atoms with Gasteiger partial charge in [-0.05, 0) is 37.1 Å². The normalized spacial score (nSPS) is 10.5. The van der Waals surface area contributed by atoms with E-state index in [9.17, 15) is 4.79 Å². The molecule has 2 aromatic carbocycles. The number of carbonyl (C=O) groups is 1. The monoisotopic (exact) mass is 380 g/mol. The van der Waals surface area contributed by atoms with Gasteiger partial charge < -0.3 is 10.2 Å². The molecule has 0 unspecified atom stereocenters. The van der Waals surface area contributed by atoms with Crippen LogP contribution in [0.4, 0.5) is 11.6 Å². The van der Waals surface area contributed by atoms with Crippen LogP contribution in [0.3, 0.4) is 0 Å². The first kappa shape index (κ1) is 18.9. The Labute approximate surface area is 164 Å². The molecule has 0 spiro atoms. The summed E-state index contributed by atoms with van der Waals surface area (Å²) in [6, 6.07) is 15.5. The Balaban J connectivity index is 1.69. The van der Waals surface area contributed by atoms with Crippen LogP contribution in [0, 0.1) is 6.92 Å². The predicted molar refractivity (Wildman–Crippen MR) is 109 cm³/mol. The number of anilines is 2. The molecule has 5 nitrogen and oxygen atoms in total. The Hall–Kier alpha value is -2.92. The molecule has 3 rings (SSSR count). The first-order valence-corrected chi connectivity index (χ1v) is 9.13. The van der Waals surface area contributed by atoms with Crippen molar-refractivity contribution in [1.29, 1.82) is 0 Å². The van der Waals surface area contributed by atoms with Crippen molar-refractivity contribution < 1.29 is 4.79 Å². The summed E-state index contributed by atoms with van der Waals surface area (Å²) in [6.45, 7) is 5.44. The van der Waals surface area contributed by atoms with Crippen molar-refractivity contribution in [2.75, 3.05) is 16.8 Å². The number of benzene rings is 2. The Morgan fingerprint density at radius 2 is 1.81 bits per heavy atom. The lowest BCUT2D eigenvalue weighted by molar-refractivity contribution is 0.102. The molecule has 0 atom stereocenters. The number of aryl methyl sites for hydroxylation is 1. The van der Waals surface area contributed by atoms with Gasteiger partial charge in [0.05, 0.1) is 5.56 Å². The number of carbonyl (C=O) groups excluding carboxylic acids is 1. The zero-order chi connectivity index (χ0) is 19.2. The predicted octanol–water partition coefficient (Wildman–Crippen LogP) is 4.72. The molecular formula is C21H21ClN4O. The second-order valence-corrected chi connectivity index (χ2v) is 6.60. The molecule has 0 aliphatic rings. The maximum Gasteiger partial charge on any atom is 0.258 e. The molecule has 0 bridgehead atoms. The van der Waals surface area contributed by atoms with Crippen LogP contribution in [0.5, 0.6) is 0 Å². The molecule has 1 N–H and O–H groups in total. The van der Waals surface area contributed by atoms with Gasteiger partial charge in [-0.1, -0.05) is 48.0 Å². The fourth-order valence-corrected chi connectivity index (χ4v) is 2.78. The van der Waals surface area contributed by atoms with Crippen LogP contribution >= 0.6 is 11.6 Å². The molecule has 0 saturated heterocycles. The summed E-state index contributed by atoms with van der Waals surface area (Å²) < 4.78 is 0. The molecule has 0 radical (unpaired) electrons. The van der Waals surface area contributed by atoms with E-state index in [1.807, 2.05) is 44.2 Å². The zero-order valence-electron chi connectivity index (χ0n) is 15.3. The van der Waals surface area contributed by atoms with Crippen molar-refractivity contribution in [3.05, 3.63) is 82.6 Å². The van der Waals surface area contributed by atoms with Crippen LogP contribution in [0.2, 0.25) is 5.02 Å². The van der Waals surface area contributed by atoms with Crippen molar-refractivity contribution in [1.82, 2.24) is 9.97 Å². The lowest BCUT2D eigenvalue weighted by atomic mass is 10.2. The average molecular weight is 381 g/mol. The lowest BCUT2D eigenvalue weighted by Gasteiger charge is -2.20. The SMILES string of the molecule is CCN(Cc1ccccc1)c1ncc(C(=O)Nc2ccc(C)c(Cl)c2)cn1. The van der Waals surface area contributed by atoms with Gasteiger partial charge >= 0.3 is 0 Å². The van der Waals surface area contributed by atoms with Crippen LogP contribution < -0.4 is 10.2 Å². The number of halogens is 1. The quantitative estimate of drug-likeness (QED) is 0.672. The molecule has 0 aliphatic carbocycles. The number of aromatic nitrogens is 2. The van der Waals surface area contributed by atoms with Gasteiger partial charge in [-0.25, -0.2) is 9.97 Å².